The van der Waals surface area contributed by atoms with Crippen LogP contribution in [0.4, 0.5) is 17.1 Å². The summed E-state index contributed by atoms with van der Waals surface area (Å²) in [7, 11) is 0. The second-order valence-electron chi connectivity index (χ2n) is 16.2. The van der Waals surface area contributed by atoms with Gasteiger partial charge in [-0.3, -0.25) is 0 Å². The predicted octanol–water partition coefficient (Wildman–Crippen LogP) is 13.7. The van der Waals surface area contributed by atoms with Crippen LogP contribution >= 0.6 is 11.3 Å². The molecule has 0 N–H and O–H groups in total. The Morgan fingerprint density at radius 3 is 1.75 bits per heavy atom. The van der Waals surface area contributed by atoms with Crippen LogP contribution in [0.25, 0.3) is 108 Å². The van der Waals surface area contributed by atoms with Crippen LogP contribution in [-0.2, 0) is 0 Å². The number of thiophene rings is 1. The average Bonchev–Trinajstić information content (AvgIpc) is 4.11. The van der Waals surface area contributed by atoms with E-state index in [9.17, 15) is 0 Å². The smallest absolute Gasteiger partial charge is 0.248 e. The van der Waals surface area contributed by atoms with E-state index in [1.807, 2.05) is 11.3 Å². The maximum atomic E-state index is 6.70. The van der Waals surface area contributed by atoms with Gasteiger partial charge in [0.15, 0.2) is 0 Å². The molecule has 13 aromatic rings. The first-order valence-electron chi connectivity index (χ1n) is 20.4. The Morgan fingerprint density at radius 2 is 0.983 bits per heavy atom. The molecule has 0 radical (unpaired) electrons. The Morgan fingerprint density at radius 1 is 0.400 bits per heavy atom. The zero-order valence-corrected chi connectivity index (χ0v) is 32.6. The third kappa shape index (κ3) is 3.88. The van der Waals surface area contributed by atoms with Crippen LogP contribution in [0.1, 0.15) is 0 Å². The second kappa shape index (κ2) is 11.1. The SMILES string of the molecule is c1ccc2c(c1)oc1cccc(N3c4cc(-c5cccc6sc7ccccc7c56)cc5c4B(c4ccc6oc7ccccc7c6c4-5)c4ccc5oc6ccccc6c5c43)c12. The van der Waals surface area contributed by atoms with Crippen LogP contribution in [0, 0.1) is 0 Å². The fourth-order valence-corrected chi connectivity index (χ4v) is 12.1. The van der Waals surface area contributed by atoms with E-state index in [1.54, 1.807) is 0 Å². The highest BCUT2D eigenvalue weighted by atomic mass is 32.1. The molecule has 2 aliphatic rings. The molecule has 0 fully saturated rings. The van der Waals surface area contributed by atoms with Crippen LogP contribution in [-0.4, -0.2) is 6.71 Å². The molecular weight excluding hydrogens is 753 g/mol. The number of benzene rings is 9. The average molecular weight is 782 g/mol. The highest BCUT2D eigenvalue weighted by molar-refractivity contribution is 7.26. The lowest BCUT2D eigenvalue weighted by molar-refractivity contribution is 0.668. The number of hydrogen-bond acceptors (Lipinski definition) is 5. The first-order valence-corrected chi connectivity index (χ1v) is 21.3. The summed E-state index contributed by atoms with van der Waals surface area (Å²) in [5.41, 5.74) is 17.4. The van der Waals surface area contributed by atoms with Crippen molar-refractivity contribution >= 4 is 137 Å². The second-order valence-corrected chi connectivity index (χ2v) is 17.3. The van der Waals surface area contributed by atoms with Crippen LogP contribution in [0.5, 0.6) is 0 Å². The van der Waals surface area contributed by atoms with E-state index >= 15 is 0 Å². The minimum absolute atomic E-state index is 0.0282. The van der Waals surface area contributed by atoms with Gasteiger partial charge in [0, 0.05) is 47.4 Å². The van der Waals surface area contributed by atoms with Gasteiger partial charge in [0.2, 0.25) is 6.71 Å². The van der Waals surface area contributed by atoms with E-state index < -0.39 is 0 Å². The van der Waals surface area contributed by atoms with Gasteiger partial charge in [0.25, 0.3) is 0 Å². The Balaban J connectivity index is 1.16. The normalized spacial score (nSPS) is 13.3. The molecule has 0 amide bonds. The van der Waals surface area contributed by atoms with Crippen molar-refractivity contribution in [2.24, 2.45) is 0 Å². The van der Waals surface area contributed by atoms with Crippen LogP contribution in [0.3, 0.4) is 0 Å². The van der Waals surface area contributed by atoms with E-state index in [0.29, 0.717) is 0 Å². The van der Waals surface area contributed by atoms with Crippen molar-refractivity contribution in [3.05, 3.63) is 170 Å². The number of furan rings is 3. The number of fused-ring (bicyclic) bond motifs is 19. The Bertz CT molecular complexity index is 4050. The maximum Gasteiger partial charge on any atom is 0.248 e. The topological polar surface area (TPSA) is 42.7 Å². The zero-order valence-electron chi connectivity index (χ0n) is 31.8. The number of hydrogen-bond donors (Lipinski definition) is 0. The molecule has 15 rings (SSSR count). The zero-order chi connectivity index (χ0) is 38.8. The van der Waals surface area contributed by atoms with Gasteiger partial charge < -0.3 is 18.2 Å². The molecule has 60 heavy (non-hydrogen) atoms. The molecule has 0 aliphatic carbocycles. The van der Waals surface area contributed by atoms with Crippen molar-refractivity contribution in [1.82, 2.24) is 0 Å². The summed E-state index contributed by atoms with van der Waals surface area (Å²) >= 11 is 1.86. The molecule has 4 aromatic heterocycles. The molecule has 6 heteroatoms. The molecule has 0 unspecified atom stereocenters. The number of anilines is 3. The standard InChI is InChI=1S/C54H28BNO3S/c1-5-17-40-31(11-1)50-38(16-10-20-43(50)57-40)56-39-28-29(30-15-9-22-47-48(30)34-14-4-8-21-46(34)60-47)27-35-49-36(23-25-44-51(49)32-12-2-6-18-41(32)58-44)55(53(35)39)37-24-26-45-52(54(37)56)33-13-3-7-19-42(33)59-45/h1-28H. The number of rotatable bonds is 2. The van der Waals surface area contributed by atoms with Gasteiger partial charge in [-0.15, -0.1) is 11.3 Å². The minimum Gasteiger partial charge on any atom is -0.456 e. The van der Waals surface area contributed by atoms with Crippen molar-refractivity contribution < 1.29 is 13.3 Å². The van der Waals surface area contributed by atoms with Gasteiger partial charge in [0.1, 0.15) is 33.5 Å². The Kier molecular flexibility index (Phi) is 5.84. The summed E-state index contributed by atoms with van der Waals surface area (Å²) in [5.74, 6) is 0. The lowest BCUT2D eigenvalue weighted by atomic mass is 9.37. The highest BCUT2D eigenvalue weighted by Gasteiger charge is 2.45. The van der Waals surface area contributed by atoms with Gasteiger partial charge in [-0.1, -0.05) is 109 Å². The van der Waals surface area contributed by atoms with Crippen LogP contribution in [0.2, 0.25) is 0 Å². The van der Waals surface area contributed by atoms with Gasteiger partial charge in [-0.2, -0.15) is 0 Å². The largest absolute Gasteiger partial charge is 0.456 e. The summed E-state index contributed by atoms with van der Waals surface area (Å²) in [6.07, 6.45) is 0. The van der Waals surface area contributed by atoms with Crippen LogP contribution < -0.4 is 21.3 Å². The molecule has 276 valence electrons. The fourth-order valence-electron chi connectivity index (χ4n) is 10.9. The van der Waals surface area contributed by atoms with Gasteiger partial charge in [-0.25, -0.2) is 0 Å². The van der Waals surface area contributed by atoms with E-state index in [-0.39, 0.29) is 6.71 Å². The van der Waals surface area contributed by atoms with Crippen LogP contribution in [0.15, 0.2) is 183 Å². The molecule has 0 spiro atoms. The van der Waals surface area contributed by atoms with E-state index in [2.05, 4.69) is 175 Å². The third-order valence-corrected chi connectivity index (χ3v) is 14.4. The molecule has 0 atom stereocenters. The number of para-hydroxylation sites is 3. The third-order valence-electron chi connectivity index (χ3n) is 13.3. The lowest BCUT2D eigenvalue weighted by Crippen LogP contribution is -2.54. The molecule has 9 aromatic carbocycles. The number of nitrogens with zero attached hydrogens (tertiary/aromatic N) is 1. The lowest BCUT2D eigenvalue weighted by Gasteiger charge is -2.37. The fraction of sp³-hybridized carbons (Fsp3) is 0. The summed E-state index contributed by atoms with van der Waals surface area (Å²) in [6.45, 7) is -0.0282. The first kappa shape index (κ1) is 31.5. The molecule has 4 nitrogen and oxygen atoms in total. The highest BCUT2D eigenvalue weighted by Crippen LogP contribution is 2.52. The van der Waals surface area contributed by atoms with Crippen molar-refractivity contribution in [2.75, 3.05) is 4.90 Å². The van der Waals surface area contributed by atoms with E-state index in [1.165, 1.54) is 64.2 Å². The molecule has 2 aliphatic heterocycles. The molecular formula is C54H28BNO3S. The van der Waals surface area contributed by atoms with Crippen molar-refractivity contribution in [1.29, 1.82) is 0 Å². The predicted molar refractivity (Wildman–Crippen MR) is 251 cm³/mol. The van der Waals surface area contributed by atoms with Crippen molar-refractivity contribution in [3.8, 4) is 22.3 Å². The summed E-state index contributed by atoms with van der Waals surface area (Å²) < 4.78 is 22.5. The Labute approximate surface area is 346 Å². The molecule has 0 bridgehead atoms. The van der Waals surface area contributed by atoms with Crippen molar-refractivity contribution in [3.63, 3.8) is 0 Å². The maximum absolute atomic E-state index is 6.70. The van der Waals surface area contributed by atoms with Gasteiger partial charge in [-0.05, 0) is 99.9 Å². The van der Waals surface area contributed by atoms with Gasteiger partial charge >= 0.3 is 0 Å². The monoisotopic (exact) mass is 781 g/mol. The van der Waals surface area contributed by atoms with E-state index in [0.717, 1.165) is 77.5 Å². The molecule has 6 heterocycles. The quantitative estimate of drug-likeness (QED) is 0.164. The first-order chi connectivity index (χ1) is 29.8. The molecule has 0 saturated carbocycles. The summed E-state index contributed by atoms with van der Waals surface area (Å²) in [5, 5.41) is 9.27. The molecule has 0 saturated heterocycles. The van der Waals surface area contributed by atoms with Gasteiger partial charge in [0.05, 0.1) is 22.1 Å². The summed E-state index contributed by atoms with van der Waals surface area (Å²) in [6, 6.07) is 61.4. The van der Waals surface area contributed by atoms with Crippen molar-refractivity contribution in [2.45, 2.75) is 0 Å². The minimum atomic E-state index is -0.0282. The Hall–Kier alpha value is -7.54. The van der Waals surface area contributed by atoms with E-state index in [4.69, 9.17) is 13.3 Å². The summed E-state index contributed by atoms with van der Waals surface area (Å²) in [4.78, 5) is 2.55.